The second kappa shape index (κ2) is 10.2. The molecule has 6 nitrogen and oxygen atoms in total. The van der Waals surface area contributed by atoms with Crippen molar-refractivity contribution >= 4 is 11.9 Å². The molecule has 2 aliphatic heterocycles. The SMILES string of the molecule is CCOC(=O)[C@@]1(Cc2ccccc2C)CCCN(C(=O)CCN2CCOCC2)C1. The second-order valence-electron chi connectivity index (χ2n) is 8.23. The van der Waals surface area contributed by atoms with Crippen LogP contribution in [0.15, 0.2) is 24.3 Å². The predicted octanol–water partition coefficient (Wildman–Crippen LogP) is 2.43. The van der Waals surface area contributed by atoms with E-state index < -0.39 is 5.41 Å². The molecule has 0 radical (unpaired) electrons. The minimum Gasteiger partial charge on any atom is -0.466 e. The summed E-state index contributed by atoms with van der Waals surface area (Å²) >= 11 is 0. The fraction of sp³-hybridized carbons (Fsp3) is 0.652. The minimum atomic E-state index is -0.658. The Morgan fingerprint density at radius 3 is 2.66 bits per heavy atom. The Morgan fingerprint density at radius 1 is 1.17 bits per heavy atom. The summed E-state index contributed by atoms with van der Waals surface area (Å²) in [6.07, 6.45) is 2.69. The summed E-state index contributed by atoms with van der Waals surface area (Å²) in [5.74, 6) is -0.0384. The van der Waals surface area contributed by atoms with Crippen LogP contribution in [0.5, 0.6) is 0 Å². The monoisotopic (exact) mass is 402 g/mol. The molecule has 1 amide bonds. The number of nitrogens with zero attached hydrogens (tertiary/aromatic N) is 2. The molecule has 3 rings (SSSR count). The van der Waals surface area contributed by atoms with Gasteiger partial charge in [0, 0.05) is 39.1 Å². The van der Waals surface area contributed by atoms with E-state index in [1.807, 2.05) is 24.0 Å². The predicted molar refractivity (Wildman–Crippen MR) is 112 cm³/mol. The van der Waals surface area contributed by atoms with Crippen molar-refractivity contribution in [1.29, 1.82) is 0 Å². The van der Waals surface area contributed by atoms with Gasteiger partial charge in [-0.15, -0.1) is 0 Å². The molecule has 29 heavy (non-hydrogen) atoms. The van der Waals surface area contributed by atoms with Crippen LogP contribution in [0, 0.1) is 12.3 Å². The van der Waals surface area contributed by atoms with E-state index in [4.69, 9.17) is 9.47 Å². The molecule has 2 aliphatic rings. The van der Waals surface area contributed by atoms with Crippen molar-refractivity contribution in [3.8, 4) is 0 Å². The summed E-state index contributed by atoms with van der Waals surface area (Å²) in [4.78, 5) is 30.1. The number of ether oxygens (including phenoxy) is 2. The van der Waals surface area contributed by atoms with Crippen LogP contribution in [0.4, 0.5) is 0 Å². The van der Waals surface area contributed by atoms with Gasteiger partial charge in [-0.2, -0.15) is 0 Å². The first-order chi connectivity index (χ1) is 14.0. The normalized spacial score (nSPS) is 23.0. The molecule has 0 aromatic heterocycles. The Morgan fingerprint density at radius 2 is 1.93 bits per heavy atom. The quantitative estimate of drug-likeness (QED) is 0.656. The van der Waals surface area contributed by atoms with Gasteiger partial charge in [0.2, 0.25) is 5.91 Å². The maximum absolute atomic E-state index is 13.0. The number of esters is 1. The van der Waals surface area contributed by atoms with E-state index in [1.54, 1.807) is 0 Å². The molecule has 0 unspecified atom stereocenters. The summed E-state index contributed by atoms with van der Waals surface area (Å²) in [7, 11) is 0. The molecule has 1 aromatic carbocycles. The van der Waals surface area contributed by atoms with Crippen LogP contribution < -0.4 is 0 Å². The first-order valence-corrected chi connectivity index (χ1v) is 10.8. The highest BCUT2D eigenvalue weighted by Crippen LogP contribution is 2.36. The molecule has 1 aromatic rings. The molecule has 0 aliphatic carbocycles. The molecule has 0 spiro atoms. The molecule has 0 N–H and O–H groups in total. The summed E-state index contributed by atoms with van der Waals surface area (Å²) in [5, 5.41) is 0. The van der Waals surface area contributed by atoms with Gasteiger partial charge in [0.05, 0.1) is 25.2 Å². The molecule has 6 heteroatoms. The van der Waals surface area contributed by atoms with Gasteiger partial charge in [0.15, 0.2) is 0 Å². The van der Waals surface area contributed by atoms with Gasteiger partial charge in [-0.1, -0.05) is 24.3 Å². The molecule has 0 bridgehead atoms. The minimum absolute atomic E-state index is 0.134. The number of amides is 1. The lowest BCUT2D eigenvalue weighted by Crippen LogP contribution is -2.52. The van der Waals surface area contributed by atoms with E-state index in [2.05, 4.69) is 24.0 Å². The fourth-order valence-electron chi connectivity index (χ4n) is 4.42. The van der Waals surface area contributed by atoms with Crippen LogP contribution >= 0.6 is 0 Å². The molecule has 2 heterocycles. The van der Waals surface area contributed by atoms with Crippen molar-refractivity contribution in [1.82, 2.24) is 9.80 Å². The third-order valence-corrected chi connectivity index (χ3v) is 6.17. The number of carbonyl (C=O) groups is 2. The maximum Gasteiger partial charge on any atom is 0.314 e. The van der Waals surface area contributed by atoms with E-state index in [9.17, 15) is 9.59 Å². The third kappa shape index (κ3) is 5.58. The van der Waals surface area contributed by atoms with Crippen LogP contribution in [0.25, 0.3) is 0 Å². The first kappa shape index (κ1) is 21.8. The van der Waals surface area contributed by atoms with Crippen LogP contribution in [0.3, 0.4) is 0 Å². The molecule has 0 saturated carbocycles. The summed E-state index contributed by atoms with van der Waals surface area (Å²) < 4.78 is 10.9. The smallest absolute Gasteiger partial charge is 0.314 e. The Kier molecular flexibility index (Phi) is 7.67. The Labute approximate surface area is 174 Å². The van der Waals surface area contributed by atoms with E-state index >= 15 is 0 Å². The molecule has 2 fully saturated rings. The number of piperidine rings is 1. The van der Waals surface area contributed by atoms with E-state index in [-0.39, 0.29) is 11.9 Å². The van der Waals surface area contributed by atoms with Crippen molar-refractivity contribution in [2.45, 2.75) is 39.5 Å². The van der Waals surface area contributed by atoms with Gasteiger partial charge < -0.3 is 14.4 Å². The number of rotatable bonds is 7. The number of morpholine rings is 1. The largest absolute Gasteiger partial charge is 0.466 e. The average Bonchev–Trinajstić information content (AvgIpc) is 2.75. The number of aryl methyl sites for hydroxylation is 1. The highest BCUT2D eigenvalue weighted by Gasteiger charge is 2.44. The lowest BCUT2D eigenvalue weighted by atomic mass is 9.74. The molecule has 2 saturated heterocycles. The van der Waals surface area contributed by atoms with E-state index in [1.165, 1.54) is 5.56 Å². The van der Waals surface area contributed by atoms with Gasteiger partial charge >= 0.3 is 5.97 Å². The molecule has 160 valence electrons. The van der Waals surface area contributed by atoms with Gasteiger partial charge in [-0.25, -0.2) is 0 Å². The Balaban J connectivity index is 1.70. The first-order valence-electron chi connectivity index (χ1n) is 10.8. The number of carbonyl (C=O) groups excluding carboxylic acids is 2. The highest BCUT2D eigenvalue weighted by atomic mass is 16.5. The van der Waals surface area contributed by atoms with Gasteiger partial charge in [-0.3, -0.25) is 14.5 Å². The standard InChI is InChI=1S/C23H34N2O4/c1-3-29-22(27)23(17-20-8-5-4-7-19(20)2)10-6-11-25(18-23)21(26)9-12-24-13-15-28-16-14-24/h4-5,7-8H,3,6,9-18H2,1-2H3/t23-/m1/s1. The van der Waals surface area contributed by atoms with Gasteiger partial charge in [0.1, 0.15) is 0 Å². The third-order valence-electron chi connectivity index (χ3n) is 6.17. The van der Waals surface area contributed by atoms with Crippen LogP contribution in [0.1, 0.15) is 37.3 Å². The van der Waals surface area contributed by atoms with Crippen LogP contribution in [0.2, 0.25) is 0 Å². The van der Waals surface area contributed by atoms with Crippen molar-refractivity contribution in [3.05, 3.63) is 35.4 Å². The van der Waals surface area contributed by atoms with Gasteiger partial charge in [-0.05, 0) is 44.2 Å². The van der Waals surface area contributed by atoms with Crippen molar-refractivity contribution in [3.63, 3.8) is 0 Å². The number of benzene rings is 1. The fourth-order valence-corrected chi connectivity index (χ4v) is 4.42. The van der Waals surface area contributed by atoms with Crippen molar-refractivity contribution in [2.75, 3.05) is 52.5 Å². The zero-order valence-electron chi connectivity index (χ0n) is 17.8. The van der Waals surface area contributed by atoms with Crippen molar-refractivity contribution < 1.29 is 19.1 Å². The molecule has 1 atom stereocenters. The number of hydrogen-bond acceptors (Lipinski definition) is 5. The van der Waals surface area contributed by atoms with Crippen molar-refractivity contribution in [2.24, 2.45) is 5.41 Å². The Hall–Kier alpha value is -1.92. The lowest BCUT2D eigenvalue weighted by molar-refractivity contribution is -0.160. The molecular weight excluding hydrogens is 368 g/mol. The topological polar surface area (TPSA) is 59.1 Å². The zero-order chi connectivity index (χ0) is 20.7. The molecular formula is C23H34N2O4. The van der Waals surface area contributed by atoms with E-state index in [0.29, 0.717) is 26.0 Å². The summed E-state index contributed by atoms with van der Waals surface area (Å²) in [6, 6.07) is 8.17. The van der Waals surface area contributed by atoms with Crippen LogP contribution in [-0.4, -0.2) is 74.2 Å². The number of likely N-dealkylation sites (tertiary alicyclic amines) is 1. The number of hydrogen-bond donors (Lipinski definition) is 0. The summed E-state index contributed by atoms with van der Waals surface area (Å²) in [6.45, 7) is 9.43. The zero-order valence-corrected chi connectivity index (χ0v) is 17.8. The maximum atomic E-state index is 13.0. The average molecular weight is 403 g/mol. The lowest BCUT2D eigenvalue weighted by Gasteiger charge is -2.41. The Bertz CT molecular complexity index is 702. The summed E-state index contributed by atoms with van der Waals surface area (Å²) in [5.41, 5.74) is 1.67. The highest BCUT2D eigenvalue weighted by molar-refractivity contribution is 5.81. The van der Waals surface area contributed by atoms with E-state index in [0.717, 1.165) is 57.8 Å². The van der Waals surface area contributed by atoms with Gasteiger partial charge in [0.25, 0.3) is 0 Å². The second-order valence-corrected chi connectivity index (χ2v) is 8.23. The van der Waals surface area contributed by atoms with Crippen LogP contribution in [-0.2, 0) is 25.5 Å².